The van der Waals surface area contributed by atoms with Gasteiger partial charge in [-0.15, -0.1) is 0 Å². The topological polar surface area (TPSA) is 84.6 Å². The van der Waals surface area contributed by atoms with Crippen LogP contribution >= 0.6 is 11.6 Å². The molecule has 0 aliphatic rings. The molecule has 1 N–H and O–H groups in total. The third-order valence-corrected chi connectivity index (χ3v) is 2.78. The van der Waals surface area contributed by atoms with Gasteiger partial charge in [-0.2, -0.15) is 5.10 Å². The predicted octanol–water partition coefficient (Wildman–Crippen LogP) is 3.01. The number of hydrazone groups is 1. The molecule has 7 heteroatoms. The summed E-state index contributed by atoms with van der Waals surface area (Å²) in [6.07, 6.45) is 1.33. The molecule has 0 saturated carbocycles. The maximum atomic E-state index is 11.8. The lowest BCUT2D eigenvalue weighted by Gasteiger charge is -2.00. The lowest BCUT2D eigenvalue weighted by molar-refractivity contribution is -0.384. The number of nitro groups is 1. The first-order chi connectivity index (χ1) is 10.1. The molecule has 0 spiro atoms. The van der Waals surface area contributed by atoms with E-state index in [4.69, 9.17) is 11.6 Å². The second kappa shape index (κ2) is 6.62. The molecule has 0 aromatic heterocycles. The highest BCUT2D eigenvalue weighted by Gasteiger charge is 2.05. The standard InChI is InChI=1S/C14H10ClN3O3/c15-12-5-2-4-11(8-12)14(19)17-16-9-10-3-1-6-13(7-10)18(20)21/h1-9H,(H,17,19)/b16-9-. The van der Waals surface area contributed by atoms with E-state index in [1.165, 1.54) is 30.5 Å². The van der Waals surface area contributed by atoms with Crippen molar-refractivity contribution in [3.05, 3.63) is 74.8 Å². The van der Waals surface area contributed by atoms with E-state index in [-0.39, 0.29) is 5.69 Å². The summed E-state index contributed by atoms with van der Waals surface area (Å²) >= 11 is 5.78. The second-order valence-corrected chi connectivity index (χ2v) is 4.50. The average Bonchev–Trinajstić information content (AvgIpc) is 2.47. The minimum Gasteiger partial charge on any atom is -0.267 e. The molecule has 0 aliphatic carbocycles. The molecule has 2 rings (SSSR count). The zero-order valence-corrected chi connectivity index (χ0v) is 11.4. The summed E-state index contributed by atoms with van der Waals surface area (Å²) in [5.41, 5.74) is 3.17. The van der Waals surface area contributed by atoms with Crippen LogP contribution < -0.4 is 5.43 Å². The van der Waals surface area contributed by atoms with Crippen molar-refractivity contribution < 1.29 is 9.72 Å². The van der Waals surface area contributed by atoms with Crippen molar-refractivity contribution in [2.24, 2.45) is 5.10 Å². The molecule has 0 unspecified atom stereocenters. The van der Waals surface area contributed by atoms with Crippen molar-refractivity contribution >= 4 is 29.4 Å². The lowest BCUT2D eigenvalue weighted by Crippen LogP contribution is -2.17. The minimum atomic E-state index is -0.498. The smallest absolute Gasteiger partial charge is 0.267 e. The van der Waals surface area contributed by atoms with Crippen LogP contribution in [0, 0.1) is 10.1 Å². The number of carbonyl (C=O) groups excluding carboxylic acids is 1. The largest absolute Gasteiger partial charge is 0.271 e. The maximum Gasteiger partial charge on any atom is 0.271 e. The first-order valence-corrected chi connectivity index (χ1v) is 6.27. The molecule has 106 valence electrons. The molecule has 0 aliphatic heterocycles. The zero-order valence-electron chi connectivity index (χ0n) is 10.7. The van der Waals surface area contributed by atoms with Gasteiger partial charge >= 0.3 is 0 Å². The number of rotatable bonds is 4. The molecule has 1 amide bonds. The van der Waals surface area contributed by atoms with Gasteiger partial charge in [0.2, 0.25) is 0 Å². The van der Waals surface area contributed by atoms with Crippen molar-refractivity contribution in [2.75, 3.05) is 0 Å². The van der Waals surface area contributed by atoms with E-state index >= 15 is 0 Å². The van der Waals surface area contributed by atoms with E-state index in [0.29, 0.717) is 16.1 Å². The van der Waals surface area contributed by atoms with E-state index in [1.54, 1.807) is 24.3 Å². The van der Waals surface area contributed by atoms with Crippen LogP contribution in [-0.2, 0) is 0 Å². The molecule has 0 heterocycles. The molecule has 0 atom stereocenters. The van der Waals surface area contributed by atoms with Gasteiger partial charge in [0.25, 0.3) is 11.6 Å². The van der Waals surface area contributed by atoms with Gasteiger partial charge in [-0.25, -0.2) is 5.43 Å². The van der Waals surface area contributed by atoms with Crippen molar-refractivity contribution in [3.63, 3.8) is 0 Å². The van der Waals surface area contributed by atoms with Gasteiger partial charge < -0.3 is 0 Å². The maximum absolute atomic E-state index is 11.8. The Labute approximate surface area is 125 Å². The van der Waals surface area contributed by atoms with E-state index < -0.39 is 10.8 Å². The van der Waals surface area contributed by atoms with E-state index in [9.17, 15) is 14.9 Å². The van der Waals surface area contributed by atoms with Crippen LogP contribution in [0.3, 0.4) is 0 Å². The van der Waals surface area contributed by atoms with Crippen LogP contribution in [0.25, 0.3) is 0 Å². The molecule has 0 saturated heterocycles. The first kappa shape index (κ1) is 14.7. The Balaban J connectivity index is 2.04. The van der Waals surface area contributed by atoms with Crippen molar-refractivity contribution in [2.45, 2.75) is 0 Å². The fraction of sp³-hybridized carbons (Fsp3) is 0. The van der Waals surface area contributed by atoms with Crippen LogP contribution in [0.15, 0.2) is 53.6 Å². The van der Waals surface area contributed by atoms with E-state index in [0.717, 1.165) is 0 Å². The fourth-order valence-electron chi connectivity index (χ4n) is 1.58. The van der Waals surface area contributed by atoms with Crippen LogP contribution in [0.5, 0.6) is 0 Å². The number of amides is 1. The Morgan fingerprint density at radius 1 is 1.24 bits per heavy atom. The number of carbonyl (C=O) groups is 1. The lowest BCUT2D eigenvalue weighted by atomic mass is 10.2. The number of nitro benzene ring substituents is 1. The number of benzene rings is 2. The number of halogens is 1. The van der Waals surface area contributed by atoms with Gasteiger partial charge in [0.15, 0.2) is 0 Å². The molecular weight excluding hydrogens is 294 g/mol. The van der Waals surface area contributed by atoms with Crippen molar-refractivity contribution in [1.29, 1.82) is 0 Å². The molecule has 0 fully saturated rings. The number of hydrogen-bond donors (Lipinski definition) is 1. The molecule has 2 aromatic carbocycles. The summed E-state index contributed by atoms with van der Waals surface area (Å²) in [6.45, 7) is 0. The summed E-state index contributed by atoms with van der Waals surface area (Å²) in [6, 6.07) is 12.3. The number of non-ortho nitro benzene ring substituents is 1. The number of nitrogens with zero attached hydrogens (tertiary/aromatic N) is 2. The predicted molar refractivity (Wildman–Crippen MR) is 79.6 cm³/mol. The normalized spacial score (nSPS) is 10.5. The van der Waals surface area contributed by atoms with Crippen molar-refractivity contribution in [1.82, 2.24) is 5.43 Å². The molecular formula is C14H10ClN3O3. The van der Waals surface area contributed by atoms with Gasteiger partial charge in [-0.05, 0) is 18.2 Å². The van der Waals surface area contributed by atoms with Gasteiger partial charge in [0.05, 0.1) is 11.1 Å². The molecule has 0 bridgehead atoms. The second-order valence-electron chi connectivity index (χ2n) is 4.06. The van der Waals surface area contributed by atoms with Crippen molar-refractivity contribution in [3.8, 4) is 0 Å². The number of hydrogen-bond acceptors (Lipinski definition) is 4. The Morgan fingerprint density at radius 3 is 2.71 bits per heavy atom. The van der Waals surface area contributed by atoms with Gasteiger partial charge in [0, 0.05) is 28.3 Å². The van der Waals surface area contributed by atoms with Crippen LogP contribution in [0.1, 0.15) is 15.9 Å². The average molecular weight is 304 g/mol. The van der Waals surface area contributed by atoms with E-state index in [2.05, 4.69) is 10.5 Å². The third-order valence-electron chi connectivity index (χ3n) is 2.55. The Kier molecular flexibility index (Phi) is 4.63. The van der Waals surface area contributed by atoms with Gasteiger partial charge in [-0.1, -0.05) is 29.8 Å². The monoisotopic (exact) mass is 303 g/mol. The third kappa shape index (κ3) is 4.12. The minimum absolute atomic E-state index is 0.0416. The summed E-state index contributed by atoms with van der Waals surface area (Å²) in [5, 5.41) is 14.8. The quantitative estimate of drug-likeness (QED) is 0.535. The van der Waals surface area contributed by atoms with Crippen LogP contribution in [-0.4, -0.2) is 17.0 Å². The van der Waals surface area contributed by atoms with Gasteiger partial charge in [-0.3, -0.25) is 14.9 Å². The molecule has 21 heavy (non-hydrogen) atoms. The summed E-state index contributed by atoms with van der Waals surface area (Å²) in [4.78, 5) is 21.9. The zero-order chi connectivity index (χ0) is 15.2. The van der Waals surface area contributed by atoms with Gasteiger partial charge in [0.1, 0.15) is 0 Å². The fourth-order valence-corrected chi connectivity index (χ4v) is 1.77. The summed E-state index contributed by atoms with van der Waals surface area (Å²) < 4.78 is 0. The summed E-state index contributed by atoms with van der Waals surface area (Å²) in [7, 11) is 0. The molecule has 6 nitrogen and oxygen atoms in total. The first-order valence-electron chi connectivity index (χ1n) is 5.90. The SMILES string of the molecule is O=C(N/N=C\c1cccc([N+](=O)[O-])c1)c1cccc(Cl)c1. The number of nitrogens with one attached hydrogen (secondary N) is 1. The Bertz CT molecular complexity index is 716. The highest BCUT2D eigenvalue weighted by Crippen LogP contribution is 2.12. The highest BCUT2D eigenvalue weighted by molar-refractivity contribution is 6.30. The Morgan fingerprint density at radius 2 is 2.00 bits per heavy atom. The molecule has 0 radical (unpaired) electrons. The highest BCUT2D eigenvalue weighted by atomic mass is 35.5. The summed E-state index contributed by atoms with van der Waals surface area (Å²) in [5.74, 6) is -0.417. The van der Waals surface area contributed by atoms with E-state index in [1.807, 2.05) is 0 Å². The Hall–Kier alpha value is -2.73. The van der Waals surface area contributed by atoms with Crippen LogP contribution in [0.2, 0.25) is 5.02 Å². The van der Waals surface area contributed by atoms with Crippen LogP contribution in [0.4, 0.5) is 5.69 Å². The molecule has 2 aromatic rings.